The maximum Gasteiger partial charge on any atom is 0.424 e. The van der Waals surface area contributed by atoms with Crippen LogP contribution in [-0.4, -0.2) is 74.7 Å². The molecule has 1 aromatic carbocycles. The van der Waals surface area contributed by atoms with E-state index in [1.54, 1.807) is 6.92 Å². The van der Waals surface area contributed by atoms with Crippen LogP contribution in [0.3, 0.4) is 0 Å². The van der Waals surface area contributed by atoms with Crippen LogP contribution in [0.5, 0.6) is 0 Å². The summed E-state index contributed by atoms with van der Waals surface area (Å²) in [6, 6.07) is 2.21. The van der Waals surface area contributed by atoms with Crippen LogP contribution < -0.4 is 20.5 Å². The van der Waals surface area contributed by atoms with Crippen molar-refractivity contribution in [3.63, 3.8) is 0 Å². The van der Waals surface area contributed by atoms with E-state index < -0.39 is 29.9 Å². The summed E-state index contributed by atoms with van der Waals surface area (Å²) in [6.45, 7) is 3.12. The van der Waals surface area contributed by atoms with Crippen LogP contribution in [0.2, 0.25) is 0 Å². The van der Waals surface area contributed by atoms with Crippen molar-refractivity contribution in [1.82, 2.24) is 15.8 Å². The van der Waals surface area contributed by atoms with E-state index in [0.29, 0.717) is 18.1 Å². The Kier molecular flexibility index (Phi) is 6.87. The minimum Gasteiger partial charge on any atom is -0.452 e. The first-order valence-electron chi connectivity index (χ1n) is 9.35. The van der Waals surface area contributed by atoms with E-state index in [4.69, 9.17) is 17.0 Å². The number of carbonyl (C=O) groups excluding carboxylic acids is 2. The van der Waals surface area contributed by atoms with Crippen molar-refractivity contribution in [3.8, 4) is 0 Å². The molecule has 0 bridgehead atoms. The fraction of sp³-hybridized carbons (Fsp3) is 0.500. The third-order valence-electron chi connectivity index (χ3n) is 4.76. The number of nitrogens with one attached hydrogen (secondary N) is 2. The number of anilines is 2. The Morgan fingerprint density at radius 1 is 1.33 bits per heavy atom. The maximum absolute atomic E-state index is 14.9. The Balaban J connectivity index is 1.73. The van der Waals surface area contributed by atoms with Crippen molar-refractivity contribution in [1.29, 1.82) is 0 Å². The number of hydrazine groups is 1. The average Bonchev–Trinajstić information content (AvgIpc) is 2.90. The van der Waals surface area contributed by atoms with Gasteiger partial charge in [0.05, 0.1) is 37.4 Å². The number of cyclic esters (lactones) is 1. The second-order valence-corrected chi connectivity index (χ2v) is 7.44. The predicted octanol–water partition coefficient (Wildman–Crippen LogP) is 1.62. The minimum atomic E-state index is -0.805. The molecule has 0 aliphatic carbocycles. The monoisotopic (exact) mass is 443 g/mol. The van der Waals surface area contributed by atoms with Gasteiger partial charge in [0.15, 0.2) is 11.6 Å². The number of methoxy groups -OCH3 is 1. The lowest BCUT2D eigenvalue weighted by Gasteiger charge is -2.24. The molecule has 0 unspecified atom stereocenters. The normalized spacial score (nSPS) is 19.4. The van der Waals surface area contributed by atoms with Crippen molar-refractivity contribution in [2.75, 3.05) is 56.2 Å². The minimum absolute atomic E-state index is 0.0736. The van der Waals surface area contributed by atoms with Gasteiger partial charge in [0.2, 0.25) is 0 Å². The quantitative estimate of drug-likeness (QED) is 0.679. The van der Waals surface area contributed by atoms with E-state index >= 15 is 0 Å². The molecule has 3 rings (SSSR count). The Labute approximate surface area is 177 Å². The first kappa shape index (κ1) is 22.0. The molecule has 0 saturated carbocycles. The number of carbonyl (C=O) groups is 2. The summed E-state index contributed by atoms with van der Waals surface area (Å²) < 4.78 is 39.6. The van der Waals surface area contributed by atoms with Gasteiger partial charge >= 0.3 is 12.2 Å². The highest BCUT2D eigenvalue weighted by atomic mass is 32.1. The number of ether oxygens (including phenoxy) is 2. The zero-order valence-electron chi connectivity index (χ0n) is 16.6. The number of nitrogens with zero attached hydrogens (tertiary/aromatic N) is 3. The molecule has 30 heavy (non-hydrogen) atoms. The molecule has 2 N–H and O–H groups in total. The molecule has 2 amide bonds. The second kappa shape index (κ2) is 9.39. The third kappa shape index (κ3) is 4.87. The fourth-order valence-corrected chi connectivity index (χ4v) is 3.41. The van der Waals surface area contributed by atoms with E-state index in [1.165, 1.54) is 21.9 Å². The molecular weight excluding hydrogens is 420 g/mol. The van der Waals surface area contributed by atoms with E-state index in [2.05, 4.69) is 15.5 Å². The summed E-state index contributed by atoms with van der Waals surface area (Å²) in [5.74, 6) is -1.61. The van der Waals surface area contributed by atoms with Crippen LogP contribution in [0.4, 0.5) is 29.7 Å². The molecule has 2 saturated heterocycles. The highest BCUT2D eigenvalue weighted by molar-refractivity contribution is 7.80. The van der Waals surface area contributed by atoms with Gasteiger partial charge in [-0.1, -0.05) is 12.2 Å². The van der Waals surface area contributed by atoms with Gasteiger partial charge in [0, 0.05) is 31.8 Å². The molecule has 2 fully saturated rings. The van der Waals surface area contributed by atoms with Crippen molar-refractivity contribution < 1.29 is 27.8 Å². The first-order chi connectivity index (χ1) is 14.3. The number of hydrogen-bond donors (Lipinski definition) is 2. The van der Waals surface area contributed by atoms with Crippen molar-refractivity contribution in [2.45, 2.75) is 13.0 Å². The summed E-state index contributed by atoms with van der Waals surface area (Å²) in [5, 5.41) is 4.16. The summed E-state index contributed by atoms with van der Waals surface area (Å²) >= 11 is 4.93. The van der Waals surface area contributed by atoms with Gasteiger partial charge in [-0.05, 0) is 6.92 Å². The molecule has 0 radical (unpaired) electrons. The van der Waals surface area contributed by atoms with Gasteiger partial charge < -0.3 is 19.7 Å². The van der Waals surface area contributed by atoms with Crippen LogP contribution in [0.15, 0.2) is 12.1 Å². The van der Waals surface area contributed by atoms with Gasteiger partial charge in [0.1, 0.15) is 11.8 Å². The number of benzene rings is 1. The van der Waals surface area contributed by atoms with E-state index in [0.717, 1.165) is 12.1 Å². The molecule has 0 spiro atoms. The van der Waals surface area contributed by atoms with E-state index in [9.17, 15) is 18.4 Å². The highest BCUT2D eigenvalue weighted by Gasteiger charge is 2.34. The molecule has 12 heteroatoms. The van der Waals surface area contributed by atoms with Gasteiger partial charge in [-0.25, -0.2) is 28.8 Å². The van der Waals surface area contributed by atoms with Crippen molar-refractivity contribution in [2.24, 2.45) is 0 Å². The number of thiocarbonyl (C=S) groups is 1. The van der Waals surface area contributed by atoms with E-state index in [-0.39, 0.29) is 37.6 Å². The van der Waals surface area contributed by atoms with Gasteiger partial charge in [-0.15, -0.1) is 0 Å². The number of rotatable bonds is 4. The van der Waals surface area contributed by atoms with Crippen LogP contribution in [0.25, 0.3) is 0 Å². The topological polar surface area (TPSA) is 86.4 Å². The Hall–Kier alpha value is -2.73. The van der Waals surface area contributed by atoms with Crippen LogP contribution in [0, 0.1) is 11.6 Å². The Bertz CT molecular complexity index is 820. The number of hydrogen-bond acceptors (Lipinski definition) is 7. The first-order valence-corrected chi connectivity index (χ1v) is 9.76. The molecule has 2 heterocycles. The largest absolute Gasteiger partial charge is 0.452 e. The lowest BCUT2D eigenvalue weighted by Crippen LogP contribution is -2.43. The Morgan fingerprint density at radius 2 is 2.03 bits per heavy atom. The van der Waals surface area contributed by atoms with Gasteiger partial charge in [0.25, 0.3) is 0 Å². The fourth-order valence-electron chi connectivity index (χ4n) is 3.33. The van der Waals surface area contributed by atoms with E-state index in [1.807, 2.05) is 0 Å². The predicted molar refractivity (Wildman–Crippen MR) is 110 cm³/mol. The van der Waals surface area contributed by atoms with Crippen LogP contribution >= 0.6 is 12.2 Å². The summed E-state index contributed by atoms with van der Waals surface area (Å²) in [4.78, 5) is 27.0. The smallest absolute Gasteiger partial charge is 0.424 e. The molecular formula is C18H23F2N5O4S. The molecule has 0 aromatic heterocycles. The van der Waals surface area contributed by atoms with Crippen molar-refractivity contribution in [3.05, 3.63) is 23.8 Å². The van der Waals surface area contributed by atoms with Crippen LogP contribution in [-0.2, 0) is 9.47 Å². The van der Waals surface area contributed by atoms with Crippen LogP contribution in [0.1, 0.15) is 6.92 Å². The van der Waals surface area contributed by atoms with Gasteiger partial charge in [-0.3, -0.25) is 4.90 Å². The zero-order valence-corrected chi connectivity index (χ0v) is 17.4. The standard InChI is InChI=1S/C18H23F2N5O4S/c1-11(30)21-9-13-10-24(17(26)29-13)12-7-14(19)16(15(20)8-12)23-4-3-22-25(6-5-23)18(27)28-2/h7-8,13,22H,3-6,9-10H2,1-2H3,(H,21,30)/t13-/m0/s1. The molecule has 2 aliphatic rings. The lowest BCUT2D eigenvalue weighted by molar-refractivity contribution is 0.106. The highest BCUT2D eigenvalue weighted by Crippen LogP contribution is 2.31. The molecule has 1 aromatic rings. The second-order valence-electron chi connectivity index (χ2n) is 6.83. The summed E-state index contributed by atoms with van der Waals surface area (Å²) in [5.41, 5.74) is 2.71. The average molecular weight is 443 g/mol. The lowest BCUT2D eigenvalue weighted by atomic mass is 10.2. The maximum atomic E-state index is 14.9. The molecule has 9 nitrogen and oxygen atoms in total. The summed E-state index contributed by atoms with van der Waals surface area (Å²) in [6.07, 6.45) is -1.74. The van der Waals surface area contributed by atoms with Crippen molar-refractivity contribution >= 4 is 40.8 Å². The van der Waals surface area contributed by atoms with Gasteiger partial charge in [-0.2, -0.15) is 0 Å². The molecule has 164 valence electrons. The SMILES string of the molecule is COC(=O)N1CCN(c2c(F)cc(N3C[C@H](CNC(C)=S)OC3=O)cc2F)CCN1. The molecule has 1 atom stereocenters. The zero-order chi connectivity index (χ0) is 21.8. The number of halogens is 2. The molecule has 2 aliphatic heterocycles. The summed E-state index contributed by atoms with van der Waals surface area (Å²) in [7, 11) is 1.26. The Morgan fingerprint density at radius 3 is 2.67 bits per heavy atom. The number of amides is 2. The third-order valence-corrected chi connectivity index (χ3v) is 4.90.